The fourth-order valence-corrected chi connectivity index (χ4v) is 5.62. The molecule has 15 heavy (non-hydrogen) atoms. The van der Waals surface area contributed by atoms with Crippen molar-refractivity contribution in [1.82, 2.24) is 0 Å². The van der Waals surface area contributed by atoms with Gasteiger partial charge in [-0.1, -0.05) is 31.2 Å². The maximum absolute atomic E-state index is 4.41. The summed E-state index contributed by atoms with van der Waals surface area (Å²) in [7, 11) is 0. The van der Waals surface area contributed by atoms with E-state index in [4.69, 9.17) is 0 Å². The standard InChI is InChI=1S/C15H20/c1-3-11-8(2)12-7-13(11)15-10-5-4-9(6-10)14(12)15/h4-5,9-15H,2-3,6-7H2,1H3. The van der Waals surface area contributed by atoms with Crippen molar-refractivity contribution in [2.24, 2.45) is 41.4 Å². The topological polar surface area (TPSA) is 0 Å². The van der Waals surface area contributed by atoms with E-state index in [2.05, 4.69) is 25.7 Å². The Kier molecular flexibility index (Phi) is 1.49. The van der Waals surface area contributed by atoms with Gasteiger partial charge in [0.2, 0.25) is 0 Å². The van der Waals surface area contributed by atoms with E-state index in [9.17, 15) is 0 Å². The molecular formula is C15H20. The minimum atomic E-state index is 0.879. The molecule has 0 saturated heterocycles. The minimum Gasteiger partial charge on any atom is -0.0993 e. The van der Waals surface area contributed by atoms with E-state index in [0.29, 0.717) is 0 Å². The predicted molar refractivity (Wildman–Crippen MR) is 62.2 cm³/mol. The Morgan fingerprint density at radius 3 is 2.67 bits per heavy atom. The van der Waals surface area contributed by atoms with E-state index in [1.54, 1.807) is 5.57 Å². The Balaban J connectivity index is 1.76. The fraction of sp³-hybridized carbons (Fsp3) is 0.733. The second-order valence-corrected chi connectivity index (χ2v) is 6.20. The summed E-state index contributed by atoms with van der Waals surface area (Å²) in [6.07, 6.45) is 9.35. The van der Waals surface area contributed by atoms with Crippen LogP contribution in [-0.2, 0) is 0 Å². The molecule has 0 nitrogen and oxygen atoms in total. The number of hydrogen-bond acceptors (Lipinski definition) is 0. The lowest BCUT2D eigenvalue weighted by molar-refractivity contribution is 0.192. The van der Waals surface area contributed by atoms with Crippen LogP contribution in [-0.4, -0.2) is 0 Å². The zero-order chi connectivity index (χ0) is 10.2. The molecule has 80 valence electrons. The van der Waals surface area contributed by atoms with Crippen LogP contribution in [0, 0.1) is 41.4 Å². The highest BCUT2D eigenvalue weighted by Crippen LogP contribution is 2.68. The largest absolute Gasteiger partial charge is 0.0993 e. The van der Waals surface area contributed by atoms with E-state index >= 15 is 0 Å². The molecule has 7 atom stereocenters. The normalized spacial score (nSPS) is 59.3. The van der Waals surface area contributed by atoms with Crippen LogP contribution in [0.4, 0.5) is 0 Å². The molecule has 3 fully saturated rings. The first kappa shape index (κ1) is 8.61. The van der Waals surface area contributed by atoms with Gasteiger partial charge in [0.1, 0.15) is 0 Å². The van der Waals surface area contributed by atoms with Gasteiger partial charge in [-0.3, -0.25) is 0 Å². The van der Waals surface area contributed by atoms with Crippen molar-refractivity contribution >= 4 is 0 Å². The summed E-state index contributed by atoms with van der Waals surface area (Å²) < 4.78 is 0. The van der Waals surface area contributed by atoms with Crippen molar-refractivity contribution in [3.05, 3.63) is 24.3 Å². The average molecular weight is 200 g/mol. The van der Waals surface area contributed by atoms with E-state index in [-0.39, 0.29) is 0 Å². The highest BCUT2D eigenvalue weighted by molar-refractivity contribution is 5.29. The van der Waals surface area contributed by atoms with Gasteiger partial charge in [0.15, 0.2) is 0 Å². The molecular weight excluding hydrogens is 180 g/mol. The molecule has 7 unspecified atom stereocenters. The first-order chi connectivity index (χ1) is 7.31. The molecule has 0 heteroatoms. The highest BCUT2D eigenvalue weighted by atomic mass is 14.7. The maximum atomic E-state index is 4.41. The van der Waals surface area contributed by atoms with Gasteiger partial charge in [-0.2, -0.15) is 0 Å². The molecule has 0 aromatic rings. The molecule has 4 bridgehead atoms. The van der Waals surface area contributed by atoms with Gasteiger partial charge >= 0.3 is 0 Å². The number of allylic oxidation sites excluding steroid dienone is 3. The Labute approximate surface area is 92.4 Å². The van der Waals surface area contributed by atoms with Gasteiger partial charge in [-0.25, -0.2) is 0 Å². The third-order valence-electron chi connectivity index (χ3n) is 5.98. The zero-order valence-electron chi connectivity index (χ0n) is 9.52. The van der Waals surface area contributed by atoms with E-state index in [1.807, 2.05) is 0 Å². The molecule has 0 N–H and O–H groups in total. The first-order valence-electron chi connectivity index (χ1n) is 6.68. The molecule has 0 radical (unpaired) electrons. The van der Waals surface area contributed by atoms with Crippen LogP contribution in [0.5, 0.6) is 0 Å². The van der Waals surface area contributed by atoms with Crippen LogP contribution in [0.25, 0.3) is 0 Å². The average Bonchev–Trinajstić information content (AvgIpc) is 2.94. The third kappa shape index (κ3) is 0.822. The van der Waals surface area contributed by atoms with Crippen molar-refractivity contribution in [2.75, 3.05) is 0 Å². The van der Waals surface area contributed by atoms with Crippen LogP contribution >= 0.6 is 0 Å². The number of rotatable bonds is 1. The summed E-state index contributed by atoms with van der Waals surface area (Å²) in [5.41, 5.74) is 1.63. The molecule has 0 heterocycles. The lowest BCUT2D eigenvalue weighted by Gasteiger charge is -2.37. The smallest absolute Gasteiger partial charge is 0.0163 e. The number of fused-ring (bicyclic) bond motifs is 9. The summed E-state index contributed by atoms with van der Waals surface area (Å²) >= 11 is 0. The minimum absolute atomic E-state index is 0.879. The summed E-state index contributed by atoms with van der Waals surface area (Å²) in [6, 6.07) is 0. The van der Waals surface area contributed by atoms with Gasteiger partial charge < -0.3 is 0 Å². The Bertz CT molecular complexity index is 351. The SMILES string of the molecule is C=C1C(CC)C2CC1C1C3C=CC(C3)C21. The van der Waals surface area contributed by atoms with Gasteiger partial charge in [0, 0.05) is 0 Å². The monoisotopic (exact) mass is 200 g/mol. The summed E-state index contributed by atoms with van der Waals surface area (Å²) in [6.45, 7) is 6.76. The van der Waals surface area contributed by atoms with Crippen molar-refractivity contribution in [3.8, 4) is 0 Å². The Hall–Kier alpha value is -0.520. The first-order valence-corrected chi connectivity index (χ1v) is 6.68. The van der Waals surface area contributed by atoms with Crippen molar-refractivity contribution < 1.29 is 0 Å². The van der Waals surface area contributed by atoms with Crippen LogP contribution in [0.15, 0.2) is 24.3 Å². The third-order valence-corrected chi connectivity index (χ3v) is 5.98. The van der Waals surface area contributed by atoms with Crippen LogP contribution in [0.3, 0.4) is 0 Å². The van der Waals surface area contributed by atoms with Gasteiger partial charge in [0.25, 0.3) is 0 Å². The summed E-state index contributed by atoms with van der Waals surface area (Å²) in [5, 5.41) is 0. The molecule has 4 rings (SSSR count). The number of hydrogen-bond donors (Lipinski definition) is 0. The molecule has 0 aliphatic heterocycles. The zero-order valence-corrected chi connectivity index (χ0v) is 9.52. The van der Waals surface area contributed by atoms with Crippen molar-refractivity contribution in [2.45, 2.75) is 26.2 Å². The lowest BCUT2D eigenvalue weighted by atomic mass is 9.67. The van der Waals surface area contributed by atoms with Crippen LogP contribution in [0.2, 0.25) is 0 Å². The predicted octanol–water partition coefficient (Wildman–Crippen LogP) is 3.66. The van der Waals surface area contributed by atoms with Gasteiger partial charge in [0.05, 0.1) is 0 Å². The van der Waals surface area contributed by atoms with Crippen molar-refractivity contribution in [3.63, 3.8) is 0 Å². The second kappa shape index (κ2) is 2.59. The fourth-order valence-electron chi connectivity index (χ4n) is 5.62. The van der Waals surface area contributed by atoms with E-state index in [1.165, 1.54) is 19.3 Å². The second-order valence-electron chi connectivity index (χ2n) is 6.20. The lowest BCUT2D eigenvalue weighted by Crippen LogP contribution is -2.32. The molecule has 0 aromatic carbocycles. The van der Waals surface area contributed by atoms with Gasteiger partial charge in [-0.15, -0.1) is 0 Å². The quantitative estimate of drug-likeness (QED) is 0.447. The molecule has 3 saturated carbocycles. The Morgan fingerprint density at radius 1 is 1.20 bits per heavy atom. The van der Waals surface area contributed by atoms with E-state index < -0.39 is 0 Å². The van der Waals surface area contributed by atoms with E-state index in [0.717, 1.165) is 41.4 Å². The maximum Gasteiger partial charge on any atom is -0.0163 e. The molecule has 0 spiro atoms. The molecule has 0 aromatic heterocycles. The summed E-state index contributed by atoms with van der Waals surface area (Å²) in [5.74, 6) is 6.76. The highest BCUT2D eigenvalue weighted by Gasteiger charge is 2.61. The van der Waals surface area contributed by atoms with Gasteiger partial charge in [-0.05, 0) is 60.7 Å². The molecule has 4 aliphatic rings. The van der Waals surface area contributed by atoms with Crippen molar-refractivity contribution in [1.29, 1.82) is 0 Å². The Morgan fingerprint density at radius 2 is 1.93 bits per heavy atom. The molecule has 0 amide bonds. The summed E-state index contributed by atoms with van der Waals surface area (Å²) in [4.78, 5) is 0. The van der Waals surface area contributed by atoms with Crippen LogP contribution in [0.1, 0.15) is 26.2 Å². The van der Waals surface area contributed by atoms with Crippen LogP contribution < -0.4 is 0 Å². The molecule has 4 aliphatic carbocycles.